The van der Waals surface area contributed by atoms with Crippen LogP contribution in [0.1, 0.15) is 85.2 Å². The Labute approximate surface area is 292 Å². The molecule has 2 N–H and O–H groups in total. The van der Waals surface area contributed by atoms with Gasteiger partial charge in [-0.1, -0.05) is 5.16 Å². The molecule has 0 bridgehead atoms. The number of fused-ring (bicyclic) bond motifs is 5. The molecular weight excluding hydrogens is 655 g/mol. The fourth-order valence-electron chi connectivity index (χ4n) is 8.88. The minimum absolute atomic E-state index is 0.00505. The summed E-state index contributed by atoms with van der Waals surface area (Å²) in [6, 6.07) is 6.34. The molecule has 13 nitrogen and oxygen atoms in total. The maximum Gasteiger partial charge on any atom is 0.279 e. The Balaban J connectivity index is 1.16. The molecule has 2 saturated heterocycles. The zero-order chi connectivity index (χ0) is 34.1. The van der Waals surface area contributed by atoms with E-state index in [4.69, 9.17) is 34.8 Å². The highest BCUT2D eigenvalue weighted by atomic mass is 32.1. The number of nitrogen functional groups attached to an aromatic ring is 1. The maximum atomic E-state index is 13.6. The van der Waals surface area contributed by atoms with Gasteiger partial charge in [-0.05, 0) is 89.9 Å². The summed E-state index contributed by atoms with van der Waals surface area (Å²) in [7, 11) is 2.13. The van der Waals surface area contributed by atoms with Crippen LogP contribution in [0.15, 0.2) is 33.8 Å². The van der Waals surface area contributed by atoms with Gasteiger partial charge in [0.2, 0.25) is 5.88 Å². The van der Waals surface area contributed by atoms with E-state index < -0.39 is 5.41 Å². The first-order chi connectivity index (χ1) is 24.3. The lowest BCUT2D eigenvalue weighted by molar-refractivity contribution is 0.117. The number of aryl methyl sites for hydroxylation is 1. The largest absolute Gasteiger partial charge is 0.473 e. The van der Waals surface area contributed by atoms with Crippen molar-refractivity contribution < 1.29 is 14.0 Å². The summed E-state index contributed by atoms with van der Waals surface area (Å²) in [5.41, 5.74) is 9.22. The van der Waals surface area contributed by atoms with Crippen LogP contribution in [0.3, 0.4) is 0 Å². The van der Waals surface area contributed by atoms with Crippen LogP contribution in [-0.2, 0) is 23.0 Å². The third kappa shape index (κ3) is 4.89. The van der Waals surface area contributed by atoms with Crippen molar-refractivity contribution in [1.82, 2.24) is 34.4 Å². The molecule has 0 radical (unpaired) electrons. The molecule has 0 amide bonds. The molecule has 4 aliphatic rings. The van der Waals surface area contributed by atoms with Crippen molar-refractivity contribution in [1.29, 1.82) is 5.26 Å². The highest BCUT2D eigenvalue weighted by molar-refractivity contribution is 7.16. The summed E-state index contributed by atoms with van der Waals surface area (Å²) in [4.78, 5) is 27.0. The normalized spacial score (nSPS) is 24.0. The number of pyridine rings is 1. The van der Waals surface area contributed by atoms with Crippen LogP contribution in [0, 0.1) is 11.3 Å². The minimum atomic E-state index is -0.464. The highest BCUT2D eigenvalue weighted by Crippen LogP contribution is 2.55. The van der Waals surface area contributed by atoms with Crippen molar-refractivity contribution in [3.05, 3.63) is 62.2 Å². The first kappa shape index (κ1) is 31.4. The van der Waals surface area contributed by atoms with Gasteiger partial charge in [-0.3, -0.25) is 9.69 Å². The van der Waals surface area contributed by atoms with Crippen molar-refractivity contribution in [3.8, 4) is 29.3 Å². The van der Waals surface area contributed by atoms with Crippen LogP contribution in [0.5, 0.6) is 5.88 Å². The Hall–Kier alpha value is -4.58. The topological polar surface area (TPSA) is 163 Å². The van der Waals surface area contributed by atoms with Crippen molar-refractivity contribution >= 4 is 27.2 Å². The SMILES string of the molecule is C[C@H](Oc1cc(-n2cc3ccn([C@@H]4CCOC4)c(=O)c3n2)nc(-c2noc3c2CCC[C@@]32CCCc3sc(N)c(C#N)c32)n1)[C@@H]1CCCN1C. The third-order valence-corrected chi connectivity index (χ3v) is 12.4. The molecule has 0 aromatic carbocycles. The molecule has 0 unspecified atom stereocenters. The lowest BCUT2D eigenvalue weighted by Gasteiger charge is -2.39. The van der Waals surface area contributed by atoms with Crippen molar-refractivity contribution in [2.75, 3.05) is 32.5 Å². The molecule has 9 rings (SSSR count). The van der Waals surface area contributed by atoms with Crippen LogP contribution in [0.25, 0.3) is 28.2 Å². The number of aromatic nitrogens is 6. The quantitative estimate of drug-likeness (QED) is 0.257. The Morgan fingerprint density at radius 3 is 2.84 bits per heavy atom. The first-order valence-corrected chi connectivity index (χ1v) is 18.4. The van der Waals surface area contributed by atoms with E-state index in [-0.39, 0.29) is 23.7 Å². The lowest BCUT2D eigenvalue weighted by Crippen LogP contribution is -2.38. The van der Waals surface area contributed by atoms with Crippen LogP contribution >= 0.6 is 11.3 Å². The number of hydrogen-bond acceptors (Lipinski definition) is 12. The summed E-state index contributed by atoms with van der Waals surface area (Å²) >= 11 is 1.52. The molecule has 4 atom stereocenters. The van der Waals surface area contributed by atoms with Crippen LogP contribution < -0.4 is 16.0 Å². The van der Waals surface area contributed by atoms with Crippen LogP contribution in [0.4, 0.5) is 5.00 Å². The number of hydrogen-bond donors (Lipinski definition) is 1. The summed E-state index contributed by atoms with van der Waals surface area (Å²) < 4.78 is 21.7. The van der Waals surface area contributed by atoms with Gasteiger partial charge >= 0.3 is 0 Å². The number of anilines is 1. The summed E-state index contributed by atoms with van der Waals surface area (Å²) in [5, 5.41) is 20.8. The van der Waals surface area contributed by atoms with Crippen molar-refractivity contribution in [2.45, 2.75) is 88.3 Å². The average Bonchev–Trinajstić information content (AvgIpc) is 3.95. The fourth-order valence-corrected chi connectivity index (χ4v) is 10.0. The lowest BCUT2D eigenvalue weighted by atomic mass is 9.63. The van der Waals surface area contributed by atoms with Gasteiger partial charge in [0.25, 0.3) is 5.56 Å². The molecular formula is C36H39N9O4S. The van der Waals surface area contributed by atoms with E-state index in [0.29, 0.717) is 57.9 Å². The molecule has 258 valence electrons. The summed E-state index contributed by atoms with van der Waals surface area (Å²) in [6.07, 6.45) is 11.7. The number of rotatable bonds is 6. The smallest absolute Gasteiger partial charge is 0.279 e. The molecule has 1 spiro atoms. The average molecular weight is 694 g/mol. The number of nitriles is 1. The monoisotopic (exact) mass is 693 g/mol. The Bertz CT molecular complexity index is 2220. The molecule has 2 aliphatic heterocycles. The van der Waals surface area contributed by atoms with Gasteiger partial charge in [-0.25, -0.2) is 9.67 Å². The number of thiophene rings is 1. The van der Waals surface area contributed by atoms with Gasteiger partial charge in [0, 0.05) is 46.9 Å². The molecule has 2 aliphatic carbocycles. The Kier molecular flexibility index (Phi) is 7.56. The second kappa shape index (κ2) is 12.0. The van der Waals surface area contributed by atoms with Crippen LogP contribution in [0.2, 0.25) is 0 Å². The minimum Gasteiger partial charge on any atom is -0.473 e. The van der Waals surface area contributed by atoms with Gasteiger partial charge in [-0.2, -0.15) is 15.3 Å². The first-order valence-electron chi connectivity index (χ1n) is 17.6. The van der Waals surface area contributed by atoms with Gasteiger partial charge in [0.05, 0.1) is 23.6 Å². The Morgan fingerprint density at radius 2 is 2.06 bits per heavy atom. The van der Waals surface area contributed by atoms with E-state index in [1.165, 1.54) is 16.2 Å². The molecule has 5 aromatic rings. The maximum absolute atomic E-state index is 13.6. The molecule has 14 heteroatoms. The predicted molar refractivity (Wildman–Crippen MR) is 187 cm³/mol. The van der Waals surface area contributed by atoms with E-state index >= 15 is 0 Å². The highest BCUT2D eigenvalue weighted by Gasteiger charge is 2.49. The molecule has 50 heavy (non-hydrogen) atoms. The molecule has 2 fully saturated rings. The fraction of sp³-hybridized carbons (Fsp3) is 0.500. The number of likely N-dealkylation sites (tertiary alicyclic amines) is 1. The van der Waals surface area contributed by atoms with E-state index in [2.05, 4.69) is 30.1 Å². The zero-order valence-corrected chi connectivity index (χ0v) is 29.0. The van der Waals surface area contributed by atoms with E-state index in [1.807, 2.05) is 18.5 Å². The molecule has 7 heterocycles. The van der Waals surface area contributed by atoms with Gasteiger partial charge in [-0.15, -0.1) is 11.3 Å². The van der Waals surface area contributed by atoms with E-state index in [0.717, 1.165) is 81.2 Å². The second-order valence-electron chi connectivity index (χ2n) is 14.2. The standard InChI is InChI=1S/C36H39N9O4S/c1-20(25-7-5-13-43(25)2)48-28-16-27(45-18-21-9-14-44(22-10-15-47-19-22)35(46)30(21)41-45)39-34(40-28)31-23-6-3-11-36(32(23)49-42-31)12-4-8-26-29(36)24(17-37)33(38)50-26/h9,14,16,18,20,22,25H,3-8,10-13,15,19,38H2,1-2H3/t20-,22+,25-,36-/m0/s1. The van der Waals surface area contributed by atoms with Gasteiger partial charge < -0.3 is 24.3 Å². The van der Waals surface area contributed by atoms with Crippen molar-refractivity contribution in [3.63, 3.8) is 0 Å². The summed E-state index contributed by atoms with van der Waals surface area (Å²) in [6.45, 7) is 4.26. The number of nitrogens with two attached hydrogens (primary N) is 1. The number of likely N-dealkylation sites (N-methyl/N-ethyl adjacent to an activating group) is 1. The van der Waals surface area contributed by atoms with Gasteiger partial charge in [0.15, 0.2) is 28.6 Å². The molecule has 5 aromatic heterocycles. The van der Waals surface area contributed by atoms with Gasteiger partial charge in [0.1, 0.15) is 17.2 Å². The van der Waals surface area contributed by atoms with Crippen molar-refractivity contribution in [2.24, 2.45) is 0 Å². The Morgan fingerprint density at radius 1 is 1.20 bits per heavy atom. The third-order valence-electron chi connectivity index (χ3n) is 11.3. The van der Waals surface area contributed by atoms with Crippen LogP contribution in [-0.4, -0.2) is 73.3 Å². The second-order valence-corrected chi connectivity index (χ2v) is 15.3. The van der Waals surface area contributed by atoms with E-state index in [1.54, 1.807) is 15.3 Å². The predicted octanol–water partition coefficient (Wildman–Crippen LogP) is 4.93. The number of nitrogens with zero attached hydrogens (tertiary/aromatic N) is 8. The zero-order valence-electron chi connectivity index (χ0n) is 28.2. The number of ether oxygens (including phenoxy) is 2. The molecule has 0 saturated carbocycles. The summed E-state index contributed by atoms with van der Waals surface area (Å²) in [5.74, 6) is 2.01. The van der Waals surface area contributed by atoms with E-state index in [9.17, 15) is 10.1 Å².